The molecule has 0 unspecified atom stereocenters. The molecule has 0 bridgehead atoms. The summed E-state index contributed by atoms with van der Waals surface area (Å²) < 4.78 is 5.87. The van der Waals surface area contributed by atoms with E-state index in [2.05, 4.69) is 16.8 Å². The van der Waals surface area contributed by atoms with Gasteiger partial charge in [-0.1, -0.05) is 45.4 Å². The number of nitrogens with zero attached hydrogens (tertiary/aromatic N) is 1. The van der Waals surface area contributed by atoms with Gasteiger partial charge >= 0.3 is 0 Å². The van der Waals surface area contributed by atoms with Crippen LogP contribution in [0.2, 0.25) is 0 Å². The Morgan fingerprint density at radius 2 is 1.83 bits per heavy atom. The second-order valence-corrected chi connectivity index (χ2v) is 8.46. The van der Waals surface area contributed by atoms with E-state index < -0.39 is 0 Å². The van der Waals surface area contributed by atoms with E-state index in [0.717, 1.165) is 55.3 Å². The molecule has 0 aliphatic heterocycles. The average molecular weight is 413 g/mol. The van der Waals surface area contributed by atoms with E-state index in [1.54, 1.807) is 6.07 Å². The summed E-state index contributed by atoms with van der Waals surface area (Å²) in [6.45, 7) is 3.60. The van der Waals surface area contributed by atoms with Crippen molar-refractivity contribution < 1.29 is 9.53 Å². The number of hydrogen-bond donors (Lipinski definition) is 1. The Kier molecular flexibility index (Phi) is 8.79. The predicted octanol–water partition coefficient (Wildman–Crippen LogP) is 5.43. The zero-order valence-electron chi connectivity index (χ0n) is 18.3. The van der Waals surface area contributed by atoms with Gasteiger partial charge in [0.05, 0.1) is 6.61 Å². The molecular formula is C25H36N2O3. The standard InChI is InChI=1S/C25H36N2O3/c1-2-3-17-27(21-10-7-5-4-6-8-11-21)25(29)12-9-18-30-22-14-15-23-20(19-22)13-16-24(28)26-23/h13-16,19,21H,2-12,17-18H2,1H3,(H,26,28). The predicted molar refractivity (Wildman–Crippen MR) is 122 cm³/mol. The summed E-state index contributed by atoms with van der Waals surface area (Å²) in [6, 6.07) is 9.39. The molecule has 1 aliphatic rings. The molecule has 0 spiro atoms. The maximum Gasteiger partial charge on any atom is 0.248 e. The van der Waals surface area contributed by atoms with Gasteiger partial charge in [-0.2, -0.15) is 0 Å². The van der Waals surface area contributed by atoms with Gasteiger partial charge in [0.2, 0.25) is 11.5 Å². The Labute approximate surface area is 179 Å². The number of nitrogens with one attached hydrogen (secondary N) is 1. The maximum atomic E-state index is 13.0. The van der Waals surface area contributed by atoms with Crippen LogP contribution in [0.3, 0.4) is 0 Å². The number of hydrogen-bond acceptors (Lipinski definition) is 3. The molecule has 1 aromatic heterocycles. The lowest BCUT2D eigenvalue weighted by Crippen LogP contribution is -2.41. The zero-order valence-corrected chi connectivity index (χ0v) is 18.3. The van der Waals surface area contributed by atoms with Crippen molar-refractivity contribution in [2.45, 2.75) is 83.6 Å². The summed E-state index contributed by atoms with van der Waals surface area (Å²) >= 11 is 0. The van der Waals surface area contributed by atoms with Crippen molar-refractivity contribution in [3.8, 4) is 5.75 Å². The lowest BCUT2D eigenvalue weighted by molar-refractivity contribution is -0.134. The number of carbonyl (C=O) groups excluding carboxylic acids is 1. The van der Waals surface area contributed by atoms with Gasteiger partial charge in [0, 0.05) is 36.0 Å². The van der Waals surface area contributed by atoms with Crippen molar-refractivity contribution in [3.05, 3.63) is 40.7 Å². The van der Waals surface area contributed by atoms with Crippen LogP contribution < -0.4 is 10.3 Å². The third-order valence-corrected chi connectivity index (χ3v) is 6.09. The minimum absolute atomic E-state index is 0.105. The number of benzene rings is 1. The highest BCUT2D eigenvalue weighted by Gasteiger charge is 2.23. The third kappa shape index (κ3) is 6.61. The Bertz CT molecular complexity index is 853. The van der Waals surface area contributed by atoms with E-state index in [1.807, 2.05) is 18.2 Å². The molecule has 0 saturated heterocycles. The summed E-state index contributed by atoms with van der Waals surface area (Å²) in [5.41, 5.74) is 0.697. The van der Waals surface area contributed by atoms with Gasteiger partial charge in [0.1, 0.15) is 5.75 Å². The number of ether oxygens (including phenoxy) is 1. The van der Waals surface area contributed by atoms with Crippen molar-refractivity contribution in [2.24, 2.45) is 0 Å². The molecule has 5 heteroatoms. The minimum atomic E-state index is -0.105. The normalized spacial score (nSPS) is 15.5. The van der Waals surface area contributed by atoms with Crippen LogP contribution in [0.1, 0.15) is 77.6 Å². The summed E-state index contributed by atoms with van der Waals surface area (Å²) in [7, 11) is 0. The summed E-state index contributed by atoms with van der Waals surface area (Å²) in [4.78, 5) is 29.4. The molecule has 1 N–H and O–H groups in total. The van der Waals surface area contributed by atoms with Crippen LogP contribution in [-0.4, -0.2) is 35.0 Å². The molecule has 1 fully saturated rings. The number of aromatic amines is 1. The molecule has 1 heterocycles. The molecule has 0 radical (unpaired) electrons. The van der Waals surface area contributed by atoms with Gasteiger partial charge in [-0.3, -0.25) is 9.59 Å². The highest BCUT2D eigenvalue weighted by molar-refractivity contribution is 5.79. The molecule has 1 saturated carbocycles. The maximum absolute atomic E-state index is 13.0. The summed E-state index contributed by atoms with van der Waals surface area (Å²) in [6.07, 6.45) is 12.2. The topological polar surface area (TPSA) is 62.4 Å². The van der Waals surface area contributed by atoms with Crippen molar-refractivity contribution in [1.82, 2.24) is 9.88 Å². The van der Waals surface area contributed by atoms with E-state index in [1.165, 1.54) is 38.2 Å². The molecule has 2 aromatic rings. The van der Waals surface area contributed by atoms with Gasteiger partial charge in [0.25, 0.3) is 0 Å². The van der Waals surface area contributed by atoms with Crippen LogP contribution in [0.4, 0.5) is 0 Å². The Hall–Kier alpha value is -2.30. The second kappa shape index (κ2) is 11.8. The van der Waals surface area contributed by atoms with Crippen molar-refractivity contribution in [3.63, 3.8) is 0 Å². The van der Waals surface area contributed by atoms with Crippen LogP contribution in [-0.2, 0) is 4.79 Å². The Balaban J connectivity index is 1.50. The molecule has 1 aliphatic carbocycles. The Morgan fingerprint density at radius 1 is 1.07 bits per heavy atom. The van der Waals surface area contributed by atoms with Crippen LogP contribution in [0.5, 0.6) is 5.75 Å². The van der Waals surface area contributed by atoms with E-state index in [4.69, 9.17) is 4.74 Å². The second-order valence-electron chi connectivity index (χ2n) is 8.46. The summed E-state index contributed by atoms with van der Waals surface area (Å²) in [5.74, 6) is 1.05. The van der Waals surface area contributed by atoms with Gasteiger partial charge < -0.3 is 14.6 Å². The van der Waals surface area contributed by atoms with Gasteiger partial charge in [-0.05, 0) is 49.9 Å². The molecule has 1 amide bonds. The Morgan fingerprint density at radius 3 is 2.60 bits per heavy atom. The first-order valence-corrected chi connectivity index (χ1v) is 11.7. The number of rotatable bonds is 9. The highest BCUT2D eigenvalue weighted by atomic mass is 16.5. The van der Waals surface area contributed by atoms with E-state index in [0.29, 0.717) is 19.1 Å². The first-order chi connectivity index (χ1) is 14.7. The summed E-state index contributed by atoms with van der Waals surface area (Å²) in [5, 5.41) is 0.943. The SMILES string of the molecule is CCCCN(C(=O)CCCOc1ccc2[nH]c(=O)ccc2c1)C1CCCCCCC1. The molecular weight excluding hydrogens is 376 g/mol. The number of unbranched alkanes of at least 4 members (excludes halogenated alkanes) is 1. The van der Waals surface area contributed by atoms with E-state index in [9.17, 15) is 9.59 Å². The van der Waals surface area contributed by atoms with Crippen molar-refractivity contribution in [1.29, 1.82) is 0 Å². The van der Waals surface area contributed by atoms with Crippen LogP contribution >= 0.6 is 0 Å². The van der Waals surface area contributed by atoms with Crippen molar-refractivity contribution in [2.75, 3.05) is 13.2 Å². The number of aromatic nitrogens is 1. The van der Waals surface area contributed by atoms with Crippen molar-refractivity contribution >= 4 is 16.8 Å². The first kappa shape index (κ1) is 22.4. The first-order valence-electron chi connectivity index (χ1n) is 11.7. The van der Waals surface area contributed by atoms with Gasteiger partial charge in [0.15, 0.2) is 0 Å². The largest absolute Gasteiger partial charge is 0.494 e. The van der Waals surface area contributed by atoms with Gasteiger partial charge in [-0.15, -0.1) is 0 Å². The van der Waals surface area contributed by atoms with Gasteiger partial charge in [-0.25, -0.2) is 0 Å². The zero-order chi connectivity index (χ0) is 21.2. The number of carbonyl (C=O) groups is 1. The fraction of sp³-hybridized carbons (Fsp3) is 0.600. The molecule has 3 rings (SSSR count). The van der Waals surface area contributed by atoms with Crippen LogP contribution in [0.25, 0.3) is 10.9 Å². The average Bonchev–Trinajstić information content (AvgIpc) is 2.72. The van der Waals surface area contributed by atoms with E-state index in [-0.39, 0.29) is 11.5 Å². The van der Waals surface area contributed by atoms with E-state index >= 15 is 0 Å². The molecule has 30 heavy (non-hydrogen) atoms. The third-order valence-electron chi connectivity index (χ3n) is 6.09. The molecule has 164 valence electrons. The number of H-pyrrole nitrogens is 1. The minimum Gasteiger partial charge on any atom is -0.494 e. The lowest BCUT2D eigenvalue weighted by atomic mass is 9.95. The smallest absolute Gasteiger partial charge is 0.248 e. The lowest BCUT2D eigenvalue weighted by Gasteiger charge is -2.33. The fourth-order valence-electron chi connectivity index (χ4n) is 4.36. The molecule has 5 nitrogen and oxygen atoms in total. The quantitative estimate of drug-likeness (QED) is 0.559. The van der Waals surface area contributed by atoms with Crippen LogP contribution in [0, 0.1) is 0 Å². The molecule has 1 aromatic carbocycles. The number of amides is 1. The monoisotopic (exact) mass is 412 g/mol. The number of pyridine rings is 1. The fourth-order valence-corrected chi connectivity index (χ4v) is 4.36. The van der Waals surface area contributed by atoms with Crippen LogP contribution in [0.15, 0.2) is 35.1 Å². The molecule has 0 atom stereocenters. The number of fused-ring (bicyclic) bond motifs is 1. The highest BCUT2D eigenvalue weighted by Crippen LogP contribution is 2.23.